The molecule has 50 heavy (non-hydrogen) atoms. The Labute approximate surface area is 292 Å². The van der Waals surface area contributed by atoms with Gasteiger partial charge in [-0.25, -0.2) is 4.98 Å². The second-order valence-corrected chi connectivity index (χ2v) is 13.7. The minimum atomic E-state index is -0.0596. The molecule has 0 aliphatic rings. The Morgan fingerprint density at radius 2 is 1.28 bits per heavy atom. The third kappa shape index (κ3) is 5.97. The number of hydrogen-bond acceptors (Lipinski definition) is 4. The van der Waals surface area contributed by atoms with Crippen molar-refractivity contribution in [3.05, 3.63) is 163 Å². The maximum atomic E-state index is 10.7. The molecule has 0 fully saturated rings. The van der Waals surface area contributed by atoms with Gasteiger partial charge in [0.15, 0.2) is 5.58 Å². The summed E-state index contributed by atoms with van der Waals surface area (Å²) in [7, 11) is 0. The number of fused-ring (bicyclic) bond motifs is 2. The third-order valence-corrected chi connectivity index (χ3v) is 9.25. The van der Waals surface area contributed by atoms with Gasteiger partial charge in [0.2, 0.25) is 5.89 Å². The first-order chi connectivity index (χ1) is 24.3. The number of aliphatic imine (C=N–C) groups is 1. The van der Waals surface area contributed by atoms with Crippen molar-refractivity contribution < 1.29 is 9.52 Å². The fourth-order valence-corrected chi connectivity index (χ4v) is 6.52. The summed E-state index contributed by atoms with van der Waals surface area (Å²) in [6.07, 6.45) is 1.71. The van der Waals surface area contributed by atoms with Crippen LogP contribution in [-0.2, 0) is 5.41 Å². The average molecular weight is 649 g/mol. The molecule has 0 spiro atoms. The molecule has 0 radical (unpaired) electrons. The number of aromatic hydroxyl groups is 1. The fourth-order valence-electron chi connectivity index (χ4n) is 6.52. The average Bonchev–Trinajstić information content (AvgIpc) is 3.58. The number of phenolic OH excluding ortho intramolecular Hbond substituents is 1. The summed E-state index contributed by atoms with van der Waals surface area (Å²) in [6.45, 7) is 6.46. The largest absolute Gasteiger partial charge is 0.507 e. The van der Waals surface area contributed by atoms with Gasteiger partial charge in [0.1, 0.15) is 11.3 Å². The Balaban J connectivity index is 1.29. The van der Waals surface area contributed by atoms with Gasteiger partial charge >= 0.3 is 0 Å². The van der Waals surface area contributed by atoms with Gasteiger partial charge in [0.05, 0.1) is 11.3 Å². The van der Waals surface area contributed by atoms with E-state index in [0.717, 1.165) is 55.2 Å². The van der Waals surface area contributed by atoms with Crippen LogP contribution in [0.15, 0.2) is 161 Å². The van der Waals surface area contributed by atoms with Crippen molar-refractivity contribution in [3.8, 4) is 50.6 Å². The monoisotopic (exact) mass is 648 g/mol. The number of nitrogens with zero attached hydrogens (tertiary/aromatic N) is 2. The van der Waals surface area contributed by atoms with Crippen LogP contribution in [0.4, 0.5) is 5.69 Å². The molecule has 0 aliphatic heterocycles. The summed E-state index contributed by atoms with van der Waals surface area (Å²) < 4.78 is 6.65. The van der Waals surface area contributed by atoms with Gasteiger partial charge < -0.3 is 9.52 Å². The first kappa shape index (κ1) is 31.0. The molecule has 8 aromatic rings. The maximum absolute atomic E-state index is 10.7. The molecular weight excluding hydrogens is 613 g/mol. The topological polar surface area (TPSA) is 58.6 Å². The summed E-state index contributed by atoms with van der Waals surface area (Å²) in [4.78, 5) is 10.0. The molecule has 4 nitrogen and oxygen atoms in total. The lowest BCUT2D eigenvalue weighted by molar-refractivity contribution is 0.473. The lowest BCUT2D eigenvalue weighted by Crippen LogP contribution is -2.11. The molecule has 7 aromatic carbocycles. The number of aromatic nitrogens is 1. The molecule has 1 aromatic heterocycles. The Kier molecular flexibility index (Phi) is 7.85. The summed E-state index contributed by atoms with van der Waals surface area (Å²) in [5.74, 6) is 0.668. The number of para-hydroxylation sites is 1. The maximum Gasteiger partial charge on any atom is 0.229 e. The first-order valence-electron chi connectivity index (χ1n) is 16.9. The molecule has 0 aliphatic carbocycles. The van der Waals surface area contributed by atoms with Crippen molar-refractivity contribution in [1.82, 2.24) is 4.98 Å². The summed E-state index contributed by atoms with van der Waals surface area (Å²) >= 11 is 0. The molecule has 0 saturated heterocycles. The summed E-state index contributed by atoms with van der Waals surface area (Å²) in [5, 5.41) is 13.0. The van der Waals surface area contributed by atoms with Crippen molar-refractivity contribution in [1.29, 1.82) is 0 Å². The van der Waals surface area contributed by atoms with Crippen molar-refractivity contribution in [2.24, 2.45) is 4.99 Å². The lowest BCUT2D eigenvalue weighted by atomic mass is 9.86. The normalized spacial score (nSPS) is 11.9. The van der Waals surface area contributed by atoms with Gasteiger partial charge in [-0.15, -0.1) is 0 Å². The van der Waals surface area contributed by atoms with E-state index < -0.39 is 0 Å². The molecule has 0 unspecified atom stereocenters. The highest BCUT2D eigenvalue weighted by Crippen LogP contribution is 2.41. The second kappa shape index (κ2) is 12.6. The number of rotatable bonds is 6. The van der Waals surface area contributed by atoms with E-state index in [2.05, 4.69) is 124 Å². The van der Waals surface area contributed by atoms with Crippen LogP contribution in [0.3, 0.4) is 0 Å². The zero-order valence-electron chi connectivity index (χ0n) is 28.3. The van der Waals surface area contributed by atoms with Crippen LogP contribution in [0.1, 0.15) is 31.9 Å². The Hall–Kier alpha value is -6.26. The van der Waals surface area contributed by atoms with Gasteiger partial charge in [0, 0.05) is 17.3 Å². The summed E-state index contributed by atoms with van der Waals surface area (Å²) in [6, 6.07) is 51.7. The van der Waals surface area contributed by atoms with E-state index in [1.165, 1.54) is 5.56 Å². The lowest BCUT2D eigenvalue weighted by Gasteiger charge is -2.19. The van der Waals surface area contributed by atoms with E-state index in [4.69, 9.17) is 14.4 Å². The second-order valence-electron chi connectivity index (χ2n) is 13.7. The number of hydrogen-bond donors (Lipinski definition) is 1. The Bertz CT molecular complexity index is 2530. The fraction of sp³-hybridized carbons (Fsp3) is 0.0870. The van der Waals surface area contributed by atoms with E-state index in [-0.39, 0.29) is 11.2 Å². The molecule has 0 amide bonds. The third-order valence-electron chi connectivity index (χ3n) is 9.25. The highest BCUT2D eigenvalue weighted by molar-refractivity contribution is 6.05. The minimum Gasteiger partial charge on any atom is -0.507 e. The SMILES string of the molecule is CC(C)(C)c1ccc(O)c(C=Nc2ccccc2-c2nc3c(-c4cccc5ccccc45)cc(-c4cccc(-c5ccccc5)c4)cc3o2)c1. The molecular formula is C46H36N2O2. The van der Waals surface area contributed by atoms with E-state index in [0.29, 0.717) is 22.7 Å². The molecule has 242 valence electrons. The van der Waals surface area contributed by atoms with Gasteiger partial charge in [-0.3, -0.25) is 4.99 Å². The number of benzene rings is 7. The van der Waals surface area contributed by atoms with Crippen LogP contribution < -0.4 is 0 Å². The van der Waals surface area contributed by atoms with Crippen LogP contribution in [0, 0.1) is 0 Å². The van der Waals surface area contributed by atoms with Crippen LogP contribution in [-0.4, -0.2) is 16.3 Å². The predicted octanol–water partition coefficient (Wildman–Crippen LogP) is 12.4. The van der Waals surface area contributed by atoms with Gasteiger partial charge in [-0.1, -0.05) is 130 Å². The highest BCUT2D eigenvalue weighted by Gasteiger charge is 2.19. The standard InChI is InChI=1S/C46H36N2O2/c1-46(2,3)36-23-24-42(49)35(26-36)29-47-41-22-10-9-20-39(41)45-48-44-40(38-21-12-16-31-15-7-8-19-37(31)38)27-34(28-43(44)50-45)33-18-11-17-32(25-33)30-13-5-4-6-14-30/h4-29,49H,1-3H3. The highest BCUT2D eigenvalue weighted by atomic mass is 16.3. The summed E-state index contributed by atoms with van der Waals surface area (Å²) in [5.41, 5.74) is 11.2. The van der Waals surface area contributed by atoms with Gasteiger partial charge in [-0.2, -0.15) is 0 Å². The Morgan fingerprint density at radius 3 is 2.12 bits per heavy atom. The predicted molar refractivity (Wildman–Crippen MR) is 207 cm³/mol. The molecule has 1 N–H and O–H groups in total. The van der Waals surface area contributed by atoms with Crippen LogP contribution in [0.25, 0.3) is 66.7 Å². The van der Waals surface area contributed by atoms with E-state index in [1.807, 2.05) is 42.5 Å². The van der Waals surface area contributed by atoms with Crippen molar-refractivity contribution in [3.63, 3.8) is 0 Å². The van der Waals surface area contributed by atoms with Crippen LogP contribution in [0.2, 0.25) is 0 Å². The van der Waals surface area contributed by atoms with Crippen molar-refractivity contribution >= 4 is 33.8 Å². The zero-order chi connectivity index (χ0) is 34.2. The molecule has 0 bridgehead atoms. The van der Waals surface area contributed by atoms with E-state index in [1.54, 1.807) is 12.3 Å². The van der Waals surface area contributed by atoms with Crippen LogP contribution >= 0.6 is 0 Å². The molecule has 0 atom stereocenters. The minimum absolute atomic E-state index is 0.0596. The van der Waals surface area contributed by atoms with Crippen molar-refractivity contribution in [2.45, 2.75) is 26.2 Å². The first-order valence-corrected chi connectivity index (χ1v) is 16.9. The number of oxazole rings is 1. The molecule has 4 heteroatoms. The Morgan fingerprint density at radius 1 is 0.600 bits per heavy atom. The molecule has 1 heterocycles. The quantitative estimate of drug-likeness (QED) is 0.183. The van der Waals surface area contributed by atoms with E-state index >= 15 is 0 Å². The van der Waals surface area contributed by atoms with Crippen molar-refractivity contribution in [2.75, 3.05) is 0 Å². The zero-order valence-corrected chi connectivity index (χ0v) is 28.3. The smallest absolute Gasteiger partial charge is 0.229 e. The molecule has 8 rings (SSSR count). The van der Waals surface area contributed by atoms with E-state index in [9.17, 15) is 5.11 Å². The number of phenols is 1. The van der Waals surface area contributed by atoms with Crippen LogP contribution in [0.5, 0.6) is 5.75 Å². The van der Waals surface area contributed by atoms with Gasteiger partial charge in [0.25, 0.3) is 0 Å². The molecule has 0 saturated carbocycles. The van der Waals surface area contributed by atoms with Gasteiger partial charge in [-0.05, 0) is 92.0 Å².